The van der Waals surface area contributed by atoms with Crippen LogP contribution in [0.2, 0.25) is 5.02 Å². The molecule has 2 aromatic carbocycles. The van der Waals surface area contributed by atoms with Gasteiger partial charge in [0.25, 0.3) is 0 Å². The summed E-state index contributed by atoms with van der Waals surface area (Å²) in [6.07, 6.45) is -4.77. The minimum Gasteiger partial charge on any atom is -0.406 e. The summed E-state index contributed by atoms with van der Waals surface area (Å²) >= 11 is 12.0. The van der Waals surface area contributed by atoms with Gasteiger partial charge in [0, 0.05) is 10.7 Å². The van der Waals surface area contributed by atoms with Crippen molar-refractivity contribution in [3.63, 3.8) is 0 Å². The van der Waals surface area contributed by atoms with Crippen LogP contribution in [0, 0.1) is 0 Å². The number of amides is 1. The summed E-state index contributed by atoms with van der Waals surface area (Å²) in [6.45, 7) is 0. The van der Waals surface area contributed by atoms with E-state index >= 15 is 0 Å². The summed E-state index contributed by atoms with van der Waals surface area (Å²) < 4.78 is 39.9. The van der Waals surface area contributed by atoms with Crippen molar-refractivity contribution in [2.75, 3.05) is 5.32 Å². The zero-order chi connectivity index (χ0) is 17.0. The van der Waals surface area contributed by atoms with Crippen LogP contribution in [0.5, 0.6) is 5.75 Å². The maximum Gasteiger partial charge on any atom is 0.573 e. The highest BCUT2D eigenvalue weighted by molar-refractivity contribution is 6.36. The van der Waals surface area contributed by atoms with Gasteiger partial charge in [0.1, 0.15) is 11.1 Å². The number of ether oxygens (including phenoxy) is 1. The Balaban J connectivity index is 2.04. The lowest BCUT2D eigenvalue weighted by molar-refractivity contribution is -0.274. The molecule has 0 aliphatic carbocycles. The van der Waals surface area contributed by atoms with Gasteiger partial charge in [-0.3, -0.25) is 4.79 Å². The number of rotatable bonds is 4. The van der Waals surface area contributed by atoms with Gasteiger partial charge < -0.3 is 10.1 Å². The van der Waals surface area contributed by atoms with Crippen LogP contribution in [0.1, 0.15) is 10.9 Å². The smallest absolute Gasteiger partial charge is 0.406 e. The lowest BCUT2D eigenvalue weighted by Crippen LogP contribution is -2.18. The molecule has 0 aliphatic heterocycles. The first-order chi connectivity index (χ1) is 10.8. The van der Waals surface area contributed by atoms with Gasteiger partial charge in [-0.25, -0.2) is 0 Å². The lowest BCUT2D eigenvalue weighted by atomic mass is 10.1. The van der Waals surface area contributed by atoms with E-state index in [2.05, 4.69) is 10.1 Å². The van der Waals surface area contributed by atoms with E-state index in [4.69, 9.17) is 23.2 Å². The zero-order valence-corrected chi connectivity index (χ0v) is 12.9. The SMILES string of the molecule is O=C(Nc1ccc(OC(F)(F)F)cc1)[C@H](Cl)c1ccccc1Cl. The molecule has 2 rings (SSSR count). The molecule has 0 bridgehead atoms. The van der Waals surface area contributed by atoms with Crippen molar-refractivity contribution >= 4 is 34.8 Å². The molecule has 1 N–H and O–H groups in total. The molecular formula is C15H10Cl2F3NO2. The first kappa shape index (κ1) is 17.4. The van der Waals surface area contributed by atoms with Crippen molar-refractivity contribution in [1.29, 1.82) is 0 Å². The Bertz CT molecular complexity index is 690. The third-order valence-corrected chi connectivity index (χ3v) is 3.54. The fourth-order valence-electron chi connectivity index (χ4n) is 1.77. The number of anilines is 1. The zero-order valence-electron chi connectivity index (χ0n) is 11.4. The Kier molecular flexibility index (Phi) is 5.38. The van der Waals surface area contributed by atoms with Crippen molar-refractivity contribution in [2.45, 2.75) is 11.7 Å². The summed E-state index contributed by atoms with van der Waals surface area (Å²) in [5.41, 5.74) is 0.715. The van der Waals surface area contributed by atoms with Crippen LogP contribution in [-0.2, 0) is 4.79 Å². The highest BCUT2D eigenvalue weighted by Crippen LogP contribution is 2.29. The molecule has 3 nitrogen and oxygen atoms in total. The summed E-state index contributed by atoms with van der Waals surface area (Å²) in [5, 5.41) is 1.80. The molecule has 0 fully saturated rings. The molecule has 0 saturated carbocycles. The fraction of sp³-hybridized carbons (Fsp3) is 0.133. The Morgan fingerprint density at radius 1 is 1.09 bits per heavy atom. The summed E-state index contributed by atoms with van der Waals surface area (Å²) in [4.78, 5) is 12.1. The van der Waals surface area contributed by atoms with Crippen LogP contribution in [0.4, 0.5) is 18.9 Å². The molecule has 122 valence electrons. The molecule has 0 spiro atoms. The number of hydrogen-bond acceptors (Lipinski definition) is 2. The lowest BCUT2D eigenvalue weighted by Gasteiger charge is -2.13. The maximum atomic E-state index is 12.1. The minimum atomic E-state index is -4.77. The van der Waals surface area contributed by atoms with Crippen molar-refractivity contribution in [2.24, 2.45) is 0 Å². The molecule has 0 aromatic heterocycles. The van der Waals surface area contributed by atoms with E-state index in [1.165, 1.54) is 12.1 Å². The molecule has 8 heteroatoms. The molecule has 0 radical (unpaired) electrons. The fourth-order valence-corrected chi connectivity index (χ4v) is 2.31. The minimum absolute atomic E-state index is 0.280. The van der Waals surface area contributed by atoms with E-state index in [9.17, 15) is 18.0 Å². The van der Waals surface area contributed by atoms with E-state index in [0.29, 0.717) is 10.6 Å². The number of benzene rings is 2. The maximum absolute atomic E-state index is 12.1. The molecule has 23 heavy (non-hydrogen) atoms. The second-order valence-electron chi connectivity index (χ2n) is 4.45. The molecule has 2 aromatic rings. The molecular weight excluding hydrogens is 354 g/mol. The van der Waals surface area contributed by atoms with Gasteiger partial charge in [-0.1, -0.05) is 29.8 Å². The standard InChI is InChI=1S/C15H10Cl2F3NO2/c16-12-4-2-1-3-11(12)13(17)14(22)21-9-5-7-10(8-6-9)23-15(18,19)20/h1-8,13H,(H,21,22)/t13-/m1/s1. The van der Waals surface area contributed by atoms with Gasteiger partial charge in [-0.2, -0.15) is 0 Å². The van der Waals surface area contributed by atoms with Crippen LogP contribution in [-0.4, -0.2) is 12.3 Å². The van der Waals surface area contributed by atoms with E-state index in [1.807, 2.05) is 0 Å². The first-order valence-corrected chi connectivity index (χ1v) is 7.13. The predicted molar refractivity (Wildman–Crippen MR) is 81.8 cm³/mol. The normalized spacial score (nSPS) is 12.6. The number of carbonyl (C=O) groups is 1. The third-order valence-electron chi connectivity index (χ3n) is 2.76. The van der Waals surface area contributed by atoms with E-state index in [-0.39, 0.29) is 11.4 Å². The van der Waals surface area contributed by atoms with Crippen LogP contribution < -0.4 is 10.1 Å². The van der Waals surface area contributed by atoms with Crippen molar-refractivity contribution in [1.82, 2.24) is 0 Å². The topological polar surface area (TPSA) is 38.3 Å². The number of hydrogen-bond donors (Lipinski definition) is 1. The Hall–Kier alpha value is -1.92. The van der Waals surface area contributed by atoms with Gasteiger partial charge in [-0.15, -0.1) is 24.8 Å². The van der Waals surface area contributed by atoms with Crippen molar-refractivity contribution in [3.05, 3.63) is 59.1 Å². The highest BCUT2D eigenvalue weighted by Gasteiger charge is 2.31. The van der Waals surface area contributed by atoms with E-state index in [1.54, 1.807) is 24.3 Å². The van der Waals surface area contributed by atoms with Gasteiger partial charge in [-0.05, 0) is 35.9 Å². The van der Waals surface area contributed by atoms with Crippen LogP contribution in [0.15, 0.2) is 48.5 Å². The Labute approximate surface area is 140 Å². The summed E-state index contributed by atoms with van der Waals surface area (Å²) in [6, 6.07) is 11.3. The number of nitrogens with one attached hydrogen (secondary N) is 1. The first-order valence-electron chi connectivity index (χ1n) is 6.31. The second-order valence-corrected chi connectivity index (χ2v) is 5.29. The van der Waals surface area contributed by atoms with Crippen molar-refractivity contribution < 1.29 is 22.7 Å². The highest BCUT2D eigenvalue weighted by atomic mass is 35.5. The van der Waals surface area contributed by atoms with Gasteiger partial charge in [0.05, 0.1) is 0 Å². The number of carbonyl (C=O) groups excluding carboxylic acids is 1. The van der Waals surface area contributed by atoms with Crippen LogP contribution in [0.25, 0.3) is 0 Å². The van der Waals surface area contributed by atoms with Crippen LogP contribution >= 0.6 is 23.2 Å². The molecule has 0 heterocycles. The van der Waals surface area contributed by atoms with Gasteiger partial charge >= 0.3 is 6.36 Å². The van der Waals surface area contributed by atoms with Gasteiger partial charge in [0.15, 0.2) is 0 Å². The number of alkyl halides is 4. The molecule has 0 unspecified atom stereocenters. The Morgan fingerprint density at radius 3 is 2.26 bits per heavy atom. The molecule has 0 aliphatic rings. The molecule has 1 amide bonds. The molecule has 1 atom stereocenters. The number of halogens is 5. The molecule has 0 saturated heterocycles. The van der Waals surface area contributed by atoms with E-state index < -0.39 is 17.6 Å². The largest absolute Gasteiger partial charge is 0.573 e. The quantitative estimate of drug-likeness (QED) is 0.762. The van der Waals surface area contributed by atoms with Gasteiger partial charge in [0.2, 0.25) is 5.91 Å². The predicted octanol–water partition coefficient (Wildman–Crippen LogP) is 5.16. The van der Waals surface area contributed by atoms with E-state index in [0.717, 1.165) is 12.1 Å². The monoisotopic (exact) mass is 363 g/mol. The Morgan fingerprint density at radius 2 is 1.70 bits per heavy atom. The third kappa shape index (κ3) is 5.04. The summed E-state index contributed by atoms with van der Waals surface area (Å²) in [5.74, 6) is -0.937. The second kappa shape index (κ2) is 7.10. The average molecular weight is 364 g/mol. The summed E-state index contributed by atoms with van der Waals surface area (Å²) in [7, 11) is 0. The average Bonchev–Trinajstić information content (AvgIpc) is 2.47. The van der Waals surface area contributed by atoms with Crippen molar-refractivity contribution in [3.8, 4) is 5.75 Å². The van der Waals surface area contributed by atoms with Crippen LogP contribution in [0.3, 0.4) is 0 Å².